The molecule has 3 nitrogen and oxygen atoms in total. The van der Waals surface area contributed by atoms with Crippen molar-refractivity contribution in [2.75, 3.05) is 6.61 Å². The normalized spacial score (nSPS) is 12.0. The Morgan fingerprint density at radius 2 is 2.06 bits per heavy atom. The predicted octanol–water partition coefficient (Wildman–Crippen LogP) is 3.58. The van der Waals surface area contributed by atoms with Crippen LogP contribution in [0.1, 0.15) is 29.8 Å². The van der Waals surface area contributed by atoms with E-state index in [0.717, 1.165) is 15.6 Å². The van der Waals surface area contributed by atoms with Gasteiger partial charge in [0.2, 0.25) is 0 Å². The number of hydrogen-bond donors (Lipinski definition) is 0. The lowest BCUT2D eigenvalue weighted by Gasteiger charge is -2.13. The average molecular weight is 378 g/mol. The lowest BCUT2D eigenvalue weighted by atomic mass is 10.0. The zero-order valence-electron chi connectivity index (χ0n) is 10.2. The Bertz CT molecular complexity index is 458. The van der Waals surface area contributed by atoms with E-state index in [9.17, 15) is 9.59 Å². The lowest BCUT2D eigenvalue weighted by Crippen LogP contribution is -2.11. The Morgan fingerprint density at radius 3 is 2.61 bits per heavy atom. The Hall–Kier alpha value is -0.680. The summed E-state index contributed by atoms with van der Waals surface area (Å²) in [4.78, 5) is 22.5. The highest BCUT2D eigenvalue weighted by Gasteiger charge is 2.18. The van der Waals surface area contributed by atoms with Gasteiger partial charge in [0.15, 0.2) is 0 Å². The van der Waals surface area contributed by atoms with E-state index in [2.05, 4.69) is 31.9 Å². The van der Waals surface area contributed by atoms with Crippen LogP contribution in [0.5, 0.6) is 0 Å². The summed E-state index contributed by atoms with van der Waals surface area (Å²) >= 11 is 6.70. The Labute approximate surface area is 123 Å². The Kier molecular flexibility index (Phi) is 6.02. The molecule has 1 atom stereocenters. The largest absolute Gasteiger partial charge is 0.466 e. The fraction of sp³-hybridized carbons (Fsp3) is 0.385. The number of rotatable bonds is 5. The van der Waals surface area contributed by atoms with Crippen LogP contribution >= 0.6 is 31.9 Å². The summed E-state index contributed by atoms with van der Waals surface area (Å²) in [6, 6.07) is 5.51. The van der Waals surface area contributed by atoms with Crippen molar-refractivity contribution in [1.82, 2.24) is 0 Å². The number of esters is 1. The minimum atomic E-state index is -0.403. The van der Waals surface area contributed by atoms with Crippen molar-refractivity contribution in [2.45, 2.75) is 25.1 Å². The molecule has 0 bridgehead atoms. The van der Waals surface area contributed by atoms with E-state index in [1.165, 1.54) is 6.92 Å². The van der Waals surface area contributed by atoms with Gasteiger partial charge >= 0.3 is 5.97 Å². The maximum absolute atomic E-state index is 11.5. The molecule has 5 heteroatoms. The first kappa shape index (κ1) is 15.4. The molecule has 0 spiro atoms. The molecule has 98 valence electrons. The lowest BCUT2D eigenvalue weighted by molar-refractivity contribution is -0.142. The second-order valence-electron chi connectivity index (χ2n) is 3.80. The summed E-state index contributed by atoms with van der Waals surface area (Å²) in [7, 11) is 0. The third kappa shape index (κ3) is 4.21. The van der Waals surface area contributed by atoms with Crippen molar-refractivity contribution < 1.29 is 14.3 Å². The zero-order valence-corrected chi connectivity index (χ0v) is 13.4. The van der Waals surface area contributed by atoms with E-state index in [1.54, 1.807) is 6.92 Å². The van der Waals surface area contributed by atoms with Gasteiger partial charge < -0.3 is 4.74 Å². The molecule has 0 saturated carbocycles. The maximum atomic E-state index is 11.5. The third-order valence-corrected chi connectivity index (χ3v) is 4.01. The molecule has 0 amide bonds. The Morgan fingerprint density at radius 1 is 1.39 bits per heavy atom. The molecule has 0 aliphatic carbocycles. The van der Waals surface area contributed by atoms with Crippen LogP contribution in [0.25, 0.3) is 0 Å². The highest BCUT2D eigenvalue weighted by atomic mass is 79.9. The van der Waals surface area contributed by atoms with Crippen LogP contribution in [0, 0.1) is 0 Å². The van der Waals surface area contributed by atoms with Gasteiger partial charge in [-0.2, -0.15) is 0 Å². The highest BCUT2D eigenvalue weighted by molar-refractivity contribution is 9.10. The SMILES string of the molecule is CCOC(=O)Cc1ccc(Br)cc1C(Br)C(C)=O. The molecule has 0 heterocycles. The standard InChI is InChI=1S/C13H14Br2O3/c1-3-18-12(17)6-9-4-5-10(14)7-11(9)13(15)8(2)16/h4-5,7,13H,3,6H2,1-2H3. The maximum Gasteiger partial charge on any atom is 0.310 e. The highest BCUT2D eigenvalue weighted by Crippen LogP contribution is 2.30. The van der Waals surface area contributed by atoms with Gasteiger partial charge in [-0.25, -0.2) is 0 Å². The van der Waals surface area contributed by atoms with Crippen molar-refractivity contribution in [3.05, 3.63) is 33.8 Å². The van der Waals surface area contributed by atoms with E-state index in [4.69, 9.17) is 4.74 Å². The van der Waals surface area contributed by atoms with Crippen LogP contribution in [-0.2, 0) is 20.7 Å². The number of carbonyl (C=O) groups is 2. The minimum Gasteiger partial charge on any atom is -0.466 e. The molecule has 18 heavy (non-hydrogen) atoms. The van der Waals surface area contributed by atoms with Crippen molar-refractivity contribution in [2.24, 2.45) is 0 Å². The second kappa shape index (κ2) is 7.04. The van der Waals surface area contributed by atoms with Crippen molar-refractivity contribution >= 4 is 43.6 Å². The van der Waals surface area contributed by atoms with Crippen LogP contribution < -0.4 is 0 Å². The molecule has 0 saturated heterocycles. The number of alkyl halides is 1. The first-order valence-electron chi connectivity index (χ1n) is 5.54. The first-order valence-corrected chi connectivity index (χ1v) is 7.25. The van der Waals surface area contributed by atoms with Crippen molar-refractivity contribution in [1.29, 1.82) is 0 Å². The summed E-state index contributed by atoms with van der Waals surface area (Å²) in [6.45, 7) is 3.63. The topological polar surface area (TPSA) is 43.4 Å². The molecule has 1 aromatic carbocycles. The number of benzene rings is 1. The van der Waals surface area contributed by atoms with E-state index in [0.29, 0.717) is 6.61 Å². The van der Waals surface area contributed by atoms with Gasteiger partial charge in [0.1, 0.15) is 5.78 Å². The van der Waals surface area contributed by atoms with Crippen LogP contribution in [0.3, 0.4) is 0 Å². The summed E-state index contributed by atoms with van der Waals surface area (Å²) in [5, 5.41) is 0. The van der Waals surface area contributed by atoms with Gasteiger partial charge in [-0.05, 0) is 37.1 Å². The predicted molar refractivity (Wildman–Crippen MR) is 76.8 cm³/mol. The smallest absolute Gasteiger partial charge is 0.310 e. The number of carbonyl (C=O) groups excluding carboxylic acids is 2. The van der Waals surface area contributed by atoms with E-state index < -0.39 is 4.83 Å². The molecule has 0 radical (unpaired) electrons. The number of halogens is 2. The number of ketones is 1. The van der Waals surface area contributed by atoms with Crippen molar-refractivity contribution in [3.8, 4) is 0 Å². The molecule has 0 aromatic heterocycles. The molecule has 0 fully saturated rings. The minimum absolute atomic E-state index is 0.00166. The van der Waals surface area contributed by atoms with Gasteiger partial charge in [0.05, 0.1) is 17.9 Å². The first-order chi connectivity index (χ1) is 8.45. The van der Waals surface area contributed by atoms with Gasteiger partial charge in [0.25, 0.3) is 0 Å². The van der Waals surface area contributed by atoms with E-state index >= 15 is 0 Å². The molecular weight excluding hydrogens is 364 g/mol. The molecule has 0 N–H and O–H groups in total. The molecule has 1 aromatic rings. The van der Waals surface area contributed by atoms with Gasteiger partial charge in [-0.15, -0.1) is 0 Å². The van der Waals surface area contributed by atoms with Crippen molar-refractivity contribution in [3.63, 3.8) is 0 Å². The quantitative estimate of drug-likeness (QED) is 0.581. The van der Waals surface area contributed by atoms with Gasteiger partial charge in [-0.3, -0.25) is 9.59 Å². The van der Waals surface area contributed by atoms with E-state index in [1.807, 2.05) is 18.2 Å². The number of ether oxygens (including phenoxy) is 1. The molecular formula is C13H14Br2O3. The molecule has 0 aliphatic rings. The monoisotopic (exact) mass is 376 g/mol. The van der Waals surface area contributed by atoms with Gasteiger partial charge in [-0.1, -0.05) is 37.9 Å². The number of Topliss-reactive ketones (excluding diaryl/α,β-unsaturated/α-hetero) is 1. The zero-order chi connectivity index (χ0) is 13.7. The molecule has 1 unspecified atom stereocenters. The van der Waals surface area contributed by atoms with Crippen LogP contribution in [0.15, 0.2) is 22.7 Å². The summed E-state index contributed by atoms with van der Waals surface area (Å²) in [5.41, 5.74) is 1.60. The van der Waals surface area contributed by atoms with Crippen LogP contribution in [0.2, 0.25) is 0 Å². The second-order valence-corrected chi connectivity index (χ2v) is 5.63. The molecule has 0 aliphatic heterocycles. The summed E-state index contributed by atoms with van der Waals surface area (Å²) < 4.78 is 5.79. The summed E-state index contributed by atoms with van der Waals surface area (Å²) in [5.74, 6) is -0.289. The van der Waals surface area contributed by atoms with E-state index in [-0.39, 0.29) is 18.2 Å². The fourth-order valence-corrected chi connectivity index (χ4v) is 2.35. The average Bonchev–Trinajstić information content (AvgIpc) is 2.30. The van der Waals surface area contributed by atoms with Crippen LogP contribution in [0.4, 0.5) is 0 Å². The molecule has 1 rings (SSSR count). The fourth-order valence-electron chi connectivity index (χ4n) is 1.55. The van der Waals surface area contributed by atoms with Gasteiger partial charge in [0, 0.05) is 4.47 Å². The Balaban J connectivity index is 3.03. The van der Waals surface area contributed by atoms with Crippen LogP contribution in [-0.4, -0.2) is 18.4 Å². The number of hydrogen-bond acceptors (Lipinski definition) is 3. The third-order valence-electron chi connectivity index (χ3n) is 2.38. The summed E-state index contributed by atoms with van der Waals surface area (Å²) in [6.07, 6.45) is 0.172.